The summed E-state index contributed by atoms with van der Waals surface area (Å²) in [5.74, 6) is -3.77. The smallest absolute Gasteiger partial charge is 0.413 e. The Bertz CT molecular complexity index is 2490. The van der Waals surface area contributed by atoms with Crippen molar-refractivity contribution < 1.29 is 45.5 Å². The molecule has 0 aliphatic carbocycles. The van der Waals surface area contributed by atoms with E-state index in [4.69, 9.17) is 27.6 Å². The van der Waals surface area contributed by atoms with E-state index < -0.39 is 36.7 Å². The number of Topliss-reactive ketones (excluding diaryl/α,β-unsaturated/α-hetero) is 1. The van der Waals surface area contributed by atoms with Crippen molar-refractivity contribution in [1.82, 2.24) is 45.1 Å². The SMILES string of the molecule is CCN1CCN(C(=O)N(Cc2ccc(-c3nnc(C(F)(F)F)o3)cn2)c2cccc(Cl)c2)CC1.CCN1CCN(C(=O)N(Cc2ccc(C(=O)CNC(=O)C(F)F)cn2)c2cccc(Cl)c2)CC1. The Hall–Kier alpha value is -6.29. The lowest BCUT2D eigenvalue weighted by Crippen LogP contribution is -2.52. The Morgan fingerprint density at radius 2 is 1.21 bits per heavy atom. The van der Waals surface area contributed by atoms with Crippen molar-refractivity contribution in [3.05, 3.63) is 118 Å². The fourth-order valence-corrected chi connectivity index (χ4v) is 7.50. The predicted molar refractivity (Wildman–Crippen MR) is 244 cm³/mol. The summed E-state index contributed by atoms with van der Waals surface area (Å²) in [6, 6.07) is 19.8. The van der Waals surface area contributed by atoms with E-state index in [1.807, 2.05) is 5.32 Å². The number of anilines is 2. The minimum Gasteiger partial charge on any atom is -0.413 e. The molecule has 1 N–H and O–H groups in total. The molecular formula is C45H48Cl2F5N11O5. The first-order valence-corrected chi connectivity index (χ1v) is 22.3. The maximum atomic E-state index is 13.4. The average Bonchev–Trinajstić information content (AvgIpc) is 3.86. The molecule has 0 saturated carbocycles. The summed E-state index contributed by atoms with van der Waals surface area (Å²) >= 11 is 12.3. The zero-order valence-electron chi connectivity index (χ0n) is 37.0. The molecule has 2 fully saturated rings. The van der Waals surface area contributed by atoms with Crippen LogP contribution in [0.5, 0.6) is 0 Å². The fourth-order valence-electron chi connectivity index (χ4n) is 7.13. The minimum atomic E-state index is -4.72. The highest BCUT2D eigenvalue weighted by molar-refractivity contribution is 6.31. The van der Waals surface area contributed by atoms with Crippen molar-refractivity contribution >= 4 is 58.3 Å². The fraction of sp³-hybridized carbons (Fsp3) is 0.378. The zero-order valence-corrected chi connectivity index (χ0v) is 38.5. The van der Waals surface area contributed by atoms with Crippen molar-refractivity contribution in [3.8, 4) is 11.5 Å². The molecule has 68 heavy (non-hydrogen) atoms. The average molecular weight is 989 g/mol. The van der Waals surface area contributed by atoms with Crippen LogP contribution in [0.1, 0.15) is 41.5 Å². The van der Waals surface area contributed by atoms with Gasteiger partial charge in [-0.05, 0) is 73.8 Å². The van der Waals surface area contributed by atoms with Crippen molar-refractivity contribution in [3.63, 3.8) is 0 Å². The Labute approximate surface area is 398 Å². The molecule has 5 heterocycles. The number of amides is 5. The van der Waals surface area contributed by atoms with Crippen LogP contribution in [0.25, 0.3) is 11.5 Å². The molecular weight excluding hydrogens is 940 g/mol. The van der Waals surface area contributed by atoms with E-state index in [0.717, 1.165) is 39.3 Å². The summed E-state index contributed by atoms with van der Waals surface area (Å²) in [5, 5.41) is 9.32. The second kappa shape index (κ2) is 23.6. The van der Waals surface area contributed by atoms with Gasteiger partial charge in [-0.2, -0.15) is 22.0 Å². The maximum Gasteiger partial charge on any atom is 0.470 e. The second-order valence-electron chi connectivity index (χ2n) is 15.5. The van der Waals surface area contributed by atoms with E-state index in [0.29, 0.717) is 59.0 Å². The van der Waals surface area contributed by atoms with Crippen LogP contribution in [0, 0.1) is 0 Å². The molecule has 362 valence electrons. The van der Waals surface area contributed by atoms with Crippen molar-refractivity contribution in [2.24, 2.45) is 0 Å². The van der Waals surface area contributed by atoms with Gasteiger partial charge in [-0.15, -0.1) is 10.2 Å². The summed E-state index contributed by atoms with van der Waals surface area (Å²) in [6.45, 7) is 11.4. The van der Waals surface area contributed by atoms with E-state index in [-0.39, 0.29) is 42.2 Å². The number of ketones is 1. The van der Waals surface area contributed by atoms with Crippen LogP contribution in [-0.4, -0.2) is 142 Å². The number of nitrogens with zero attached hydrogens (tertiary/aromatic N) is 10. The van der Waals surface area contributed by atoms with Crippen molar-refractivity contribution in [2.45, 2.75) is 39.5 Å². The molecule has 0 spiro atoms. The van der Waals surface area contributed by atoms with E-state index in [2.05, 4.69) is 43.8 Å². The van der Waals surface area contributed by atoms with E-state index in [1.165, 1.54) is 24.5 Å². The predicted octanol–water partition coefficient (Wildman–Crippen LogP) is 7.63. The number of carbonyl (C=O) groups excluding carboxylic acids is 4. The lowest BCUT2D eigenvalue weighted by molar-refractivity contribution is -0.157. The van der Waals surface area contributed by atoms with Gasteiger partial charge in [-0.1, -0.05) is 49.2 Å². The number of benzene rings is 2. The number of nitrogens with one attached hydrogen (secondary N) is 1. The zero-order chi connectivity index (χ0) is 49.0. The molecule has 16 nitrogen and oxygen atoms in total. The van der Waals surface area contributed by atoms with E-state index in [9.17, 15) is 41.1 Å². The van der Waals surface area contributed by atoms with Gasteiger partial charge in [0.1, 0.15) is 0 Å². The highest BCUT2D eigenvalue weighted by atomic mass is 35.5. The second-order valence-corrected chi connectivity index (χ2v) is 16.3. The summed E-state index contributed by atoms with van der Waals surface area (Å²) in [7, 11) is 0. The van der Waals surface area contributed by atoms with Crippen LogP contribution in [-0.2, 0) is 24.1 Å². The van der Waals surface area contributed by atoms with E-state index in [1.54, 1.807) is 80.3 Å². The van der Waals surface area contributed by atoms with Gasteiger partial charge in [-0.3, -0.25) is 29.4 Å². The summed E-state index contributed by atoms with van der Waals surface area (Å²) in [6.07, 6.45) is -5.27. The van der Waals surface area contributed by atoms with Gasteiger partial charge in [0.15, 0.2) is 5.78 Å². The molecule has 0 atom stereocenters. The third-order valence-electron chi connectivity index (χ3n) is 11.0. The standard InChI is InChI=1S/C23H26ClF2N5O3.C22H22ClF3N6O2/c1-2-29-8-10-30(11-9-29)23(34)31(19-5-3-4-17(24)12-19)15-18-7-6-16(13-27-18)20(32)14-28-22(33)21(25)26;1-2-30-8-10-31(11-9-30)21(33)32(18-5-3-4-16(23)12-18)14-17-7-6-15(13-27-17)19-28-29-20(34-19)22(24,25)26/h3-7,12-13,21H,2,8-11,14-15H2,1H3,(H,28,33);3-7,12-13H,2,8-11,14H2,1H3. The minimum absolute atomic E-state index is 0.143. The highest BCUT2D eigenvalue weighted by Gasteiger charge is 2.38. The first-order chi connectivity index (χ1) is 32.5. The highest BCUT2D eigenvalue weighted by Crippen LogP contribution is 2.31. The number of urea groups is 2. The largest absolute Gasteiger partial charge is 0.470 e. The van der Waals surface area contributed by atoms with Gasteiger partial charge in [-0.25, -0.2) is 9.59 Å². The third-order valence-corrected chi connectivity index (χ3v) is 11.5. The molecule has 2 saturated heterocycles. The lowest BCUT2D eigenvalue weighted by Gasteiger charge is -2.37. The van der Waals surface area contributed by atoms with Gasteiger partial charge in [0.2, 0.25) is 5.89 Å². The first kappa shape index (κ1) is 51.1. The van der Waals surface area contributed by atoms with Gasteiger partial charge in [0.25, 0.3) is 5.91 Å². The number of piperazine rings is 2. The first-order valence-electron chi connectivity index (χ1n) is 21.5. The quantitative estimate of drug-likeness (QED) is 0.0912. The van der Waals surface area contributed by atoms with Crippen molar-refractivity contribution in [2.75, 3.05) is 81.8 Å². The molecule has 7 rings (SSSR count). The molecule has 0 unspecified atom stereocenters. The molecule has 5 aromatic rings. The monoisotopic (exact) mass is 987 g/mol. The summed E-state index contributed by atoms with van der Waals surface area (Å²) < 4.78 is 67.4. The van der Waals surface area contributed by atoms with Crippen LogP contribution < -0.4 is 15.1 Å². The Kier molecular flexibility index (Phi) is 17.8. The molecule has 2 aliphatic heterocycles. The van der Waals surface area contributed by atoms with E-state index >= 15 is 0 Å². The number of rotatable bonds is 13. The number of carbonyl (C=O) groups is 4. The number of likely N-dealkylation sites (N-methyl/N-ethyl adjacent to an activating group) is 2. The van der Waals surface area contributed by atoms with Gasteiger partial charge >= 0.3 is 30.6 Å². The lowest BCUT2D eigenvalue weighted by atomic mass is 10.1. The maximum absolute atomic E-state index is 13.4. The molecule has 3 aromatic heterocycles. The molecule has 5 amide bonds. The number of hydrogen-bond donors (Lipinski definition) is 1. The van der Waals surface area contributed by atoms with Gasteiger partial charge < -0.3 is 29.3 Å². The van der Waals surface area contributed by atoms with Crippen LogP contribution >= 0.6 is 23.2 Å². The number of alkyl halides is 5. The number of hydrogen-bond acceptors (Lipinski definition) is 11. The van der Waals surface area contributed by atoms with Crippen LogP contribution in [0.15, 0.2) is 89.6 Å². The number of halogens is 7. The van der Waals surface area contributed by atoms with Crippen LogP contribution in [0.4, 0.5) is 42.9 Å². The van der Waals surface area contributed by atoms with Crippen LogP contribution in [0.2, 0.25) is 10.0 Å². The topological polar surface area (TPSA) is 164 Å². The molecule has 0 bridgehead atoms. The number of pyridine rings is 2. The number of aromatic nitrogens is 4. The molecule has 0 radical (unpaired) electrons. The molecule has 2 aliphatic rings. The Balaban J connectivity index is 0.000000224. The Morgan fingerprint density at radius 3 is 1.60 bits per heavy atom. The third kappa shape index (κ3) is 13.9. The van der Waals surface area contributed by atoms with Crippen molar-refractivity contribution in [1.29, 1.82) is 0 Å². The van der Waals surface area contributed by atoms with Crippen LogP contribution in [0.3, 0.4) is 0 Å². The van der Waals surface area contributed by atoms with Gasteiger partial charge in [0.05, 0.1) is 36.6 Å². The Morgan fingerprint density at radius 1 is 0.706 bits per heavy atom. The molecule has 23 heteroatoms. The normalized spacial score (nSPS) is 14.6. The summed E-state index contributed by atoms with van der Waals surface area (Å²) in [4.78, 5) is 69.8. The summed E-state index contributed by atoms with van der Waals surface area (Å²) in [5.41, 5.74) is 2.69. The molecule has 2 aromatic carbocycles. The van der Waals surface area contributed by atoms with Gasteiger partial charge in [0, 0.05) is 91.7 Å².